The van der Waals surface area contributed by atoms with Crippen LogP contribution in [0, 0.1) is 5.92 Å². The van der Waals surface area contributed by atoms with Gasteiger partial charge in [0, 0.05) is 5.92 Å². The van der Waals surface area contributed by atoms with Crippen molar-refractivity contribution >= 4 is 5.78 Å². The molecule has 0 aliphatic rings. The molecule has 0 unspecified atom stereocenters. The van der Waals surface area contributed by atoms with Crippen LogP contribution in [0.25, 0.3) is 0 Å². The molecule has 0 fully saturated rings. The number of hydrogen-bond acceptors (Lipinski definition) is 2. The first kappa shape index (κ1) is 12.4. The Labute approximate surface area is 80.7 Å². The SMILES string of the molecule is C/C=C/[C@H](CCCC)[C@@H](O)C(C)=O. The van der Waals surface area contributed by atoms with Gasteiger partial charge in [0.25, 0.3) is 0 Å². The molecule has 2 heteroatoms. The third-order valence-corrected chi connectivity index (χ3v) is 2.15. The van der Waals surface area contributed by atoms with Crippen LogP contribution in [0.1, 0.15) is 40.0 Å². The Bertz CT molecular complexity index is 173. The second-order valence-corrected chi connectivity index (χ2v) is 3.39. The molecule has 0 bridgehead atoms. The van der Waals surface area contributed by atoms with Crippen LogP contribution in [0.15, 0.2) is 12.2 Å². The fraction of sp³-hybridized carbons (Fsp3) is 0.727. The maximum absolute atomic E-state index is 10.9. The number of carbonyl (C=O) groups is 1. The van der Waals surface area contributed by atoms with Crippen LogP contribution in [0.5, 0.6) is 0 Å². The summed E-state index contributed by atoms with van der Waals surface area (Å²) in [5.41, 5.74) is 0. The van der Waals surface area contributed by atoms with E-state index in [4.69, 9.17) is 0 Å². The number of rotatable bonds is 6. The standard InChI is InChI=1S/C11H20O2/c1-4-6-8-10(7-5-2)11(13)9(3)12/h5,7,10-11,13H,4,6,8H2,1-3H3/b7-5+/t10-,11+/m1/s1. The summed E-state index contributed by atoms with van der Waals surface area (Å²) in [5.74, 6) is -0.137. The summed E-state index contributed by atoms with van der Waals surface area (Å²) in [7, 11) is 0. The smallest absolute Gasteiger partial charge is 0.158 e. The van der Waals surface area contributed by atoms with Gasteiger partial charge < -0.3 is 5.11 Å². The van der Waals surface area contributed by atoms with E-state index in [1.807, 2.05) is 19.1 Å². The summed E-state index contributed by atoms with van der Waals surface area (Å²) >= 11 is 0. The Hall–Kier alpha value is -0.630. The summed E-state index contributed by atoms with van der Waals surface area (Å²) in [6.45, 7) is 5.45. The van der Waals surface area contributed by atoms with Gasteiger partial charge in [0.05, 0.1) is 0 Å². The van der Waals surface area contributed by atoms with E-state index in [2.05, 4.69) is 6.92 Å². The van der Waals surface area contributed by atoms with Gasteiger partial charge in [0.1, 0.15) is 6.10 Å². The number of unbranched alkanes of at least 4 members (excludes halogenated alkanes) is 1. The molecular weight excluding hydrogens is 164 g/mol. The Morgan fingerprint density at radius 3 is 2.54 bits per heavy atom. The van der Waals surface area contributed by atoms with Crippen molar-refractivity contribution in [3.05, 3.63) is 12.2 Å². The highest BCUT2D eigenvalue weighted by atomic mass is 16.3. The molecule has 13 heavy (non-hydrogen) atoms. The number of hydrogen-bond donors (Lipinski definition) is 1. The fourth-order valence-corrected chi connectivity index (χ4v) is 1.35. The van der Waals surface area contributed by atoms with Crippen LogP contribution >= 0.6 is 0 Å². The van der Waals surface area contributed by atoms with Gasteiger partial charge in [-0.15, -0.1) is 0 Å². The number of allylic oxidation sites excluding steroid dienone is 1. The molecule has 0 heterocycles. The molecule has 0 radical (unpaired) electrons. The molecule has 0 aromatic heterocycles. The lowest BCUT2D eigenvalue weighted by Crippen LogP contribution is -2.26. The van der Waals surface area contributed by atoms with E-state index in [9.17, 15) is 9.90 Å². The van der Waals surface area contributed by atoms with Gasteiger partial charge in [-0.1, -0.05) is 31.9 Å². The Kier molecular flexibility index (Phi) is 6.51. The first-order valence-corrected chi connectivity index (χ1v) is 4.94. The monoisotopic (exact) mass is 184 g/mol. The van der Waals surface area contributed by atoms with Crippen LogP contribution < -0.4 is 0 Å². The molecule has 0 saturated carbocycles. The molecule has 1 N–H and O–H groups in total. The quantitative estimate of drug-likeness (QED) is 0.643. The van der Waals surface area contributed by atoms with Crippen molar-refractivity contribution in [2.75, 3.05) is 0 Å². The van der Waals surface area contributed by atoms with Crippen LogP contribution in [0.4, 0.5) is 0 Å². The van der Waals surface area contributed by atoms with Crippen LogP contribution in [-0.2, 0) is 4.79 Å². The zero-order chi connectivity index (χ0) is 10.3. The highest BCUT2D eigenvalue weighted by Gasteiger charge is 2.19. The summed E-state index contributed by atoms with van der Waals surface area (Å²) in [4.78, 5) is 10.9. The topological polar surface area (TPSA) is 37.3 Å². The van der Waals surface area contributed by atoms with Gasteiger partial charge in [-0.2, -0.15) is 0 Å². The van der Waals surface area contributed by atoms with Crippen LogP contribution in [0.3, 0.4) is 0 Å². The average molecular weight is 184 g/mol. The van der Waals surface area contributed by atoms with E-state index in [0.717, 1.165) is 19.3 Å². The lowest BCUT2D eigenvalue weighted by Gasteiger charge is -2.16. The Morgan fingerprint density at radius 1 is 1.54 bits per heavy atom. The number of carbonyl (C=O) groups excluding carboxylic acids is 1. The highest BCUT2D eigenvalue weighted by molar-refractivity contribution is 5.80. The average Bonchev–Trinajstić information content (AvgIpc) is 2.11. The van der Waals surface area contributed by atoms with Gasteiger partial charge in [0.15, 0.2) is 5.78 Å². The lowest BCUT2D eigenvalue weighted by atomic mass is 9.93. The highest BCUT2D eigenvalue weighted by Crippen LogP contribution is 2.15. The summed E-state index contributed by atoms with van der Waals surface area (Å²) < 4.78 is 0. The molecule has 0 saturated heterocycles. The molecule has 0 aromatic rings. The van der Waals surface area contributed by atoms with E-state index in [1.54, 1.807) is 0 Å². The van der Waals surface area contributed by atoms with Gasteiger partial charge in [-0.3, -0.25) is 4.79 Å². The van der Waals surface area contributed by atoms with Gasteiger partial charge >= 0.3 is 0 Å². The van der Waals surface area contributed by atoms with E-state index in [-0.39, 0.29) is 11.7 Å². The maximum atomic E-state index is 10.9. The Morgan fingerprint density at radius 2 is 2.15 bits per heavy atom. The molecular formula is C11H20O2. The van der Waals surface area contributed by atoms with E-state index in [1.165, 1.54) is 6.92 Å². The molecule has 2 nitrogen and oxygen atoms in total. The molecule has 0 spiro atoms. The van der Waals surface area contributed by atoms with Gasteiger partial charge in [0.2, 0.25) is 0 Å². The summed E-state index contributed by atoms with van der Waals surface area (Å²) in [6, 6.07) is 0. The number of aliphatic hydroxyl groups is 1. The Balaban J connectivity index is 4.14. The van der Waals surface area contributed by atoms with Crippen molar-refractivity contribution in [2.24, 2.45) is 5.92 Å². The zero-order valence-electron chi connectivity index (χ0n) is 8.79. The van der Waals surface area contributed by atoms with Crippen molar-refractivity contribution in [3.8, 4) is 0 Å². The van der Waals surface area contributed by atoms with Gasteiger partial charge in [-0.05, 0) is 20.3 Å². The van der Waals surface area contributed by atoms with Crippen molar-refractivity contribution in [2.45, 2.75) is 46.1 Å². The maximum Gasteiger partial charge on any atom is 0.158 e. The predicted molar refractivity (Wildman–Crippen MR) is 54.5 cm³/mol. The minimum absolute atomic E-state index is 0.00227. The third-order valence-electron chi connectivity index (χ3n) is 2.15. The summed E-state index contributed by atoms with van der Waals surface area (Å²) in [5, 5.41) is 9.54. The van der Waals surface area contributed by atoms with Crippen molar-refractivity contribution in [1.29, 1.82) is 0 Å². The number of ketones is 1. The molecule has 2 atom stereocenters. The van der Waals surface area contributed by atoms with Crippen LogP contribution in [-0.4, -0.2) is 17.0 Å². The lowest BCUT2D eigenvalue weighted by molar-refractivity contribution is -0.126. The molecule has 0 amide bonds. The molecule has 0 aliphatic heterocycles. The molecule has 0 aromatic carbocycles. The van der Waals surface area contributed by atoms with Crippen molar-refractivity contribution < 1.29 is 9.90 Å². The predicted octanol–water partition coefficient (Wildman–Crippen LogP) is 2.32. The first-order chi connectivity index (χ1) is 6.13. The van der Waals surface area contributed by atoms with Crippen LogP contribution in [0.2, 0.25) is 0 Å². The number of aliphatic hydroxyl groups excluding tert-OH is 1. The fourth-order valence-electron chi connectivity index (χ4n) is 1.35. The molecule has 0 aliphatic carbocycles. The van der Waals surface area contributed by atoms with E-state index in [0.29, 0.717) is 0 Å². The van der Waals surface area contributed by atoms with Crippen molar-refractivity contribution in [3.63, 3.8) is 0 Å². The minimum atomic E-state index is -0.817. The molecule has 76 valence electrons. The largest absolute Gasteiger partial charge is 0.385 e. The van der Waals surface area contributed by atoms with Crippen molar-refractivity contribution in [1.82, 2.24) is 0 Å². The normalized spacial score (nSPS) is 16.0. The second-order valence-electron chi connectivity index (χ2n) is 3.39. The zero-order valence-corrected chi connectivity index (χ0v) is 8.79. The summed E-state index contributed by atoms with van der Waals surface area (Å²) in [6.07, 6.45) is 6.04. The third kappa shape index (κ3) is 4.83. The number of Topliss-reactive ketones (excluding diaryl/α,β-unsaturated/α-hetero) is 1. The second kappa shape index (κ2) is 6.84. The van der Waals surface area contributed by atoms with E-state index >= 15 is 0 Å². The van der Waals surface area contributed by atoms with E-state index < -0.39 is 6.10 Å². The first-order valence-electron chi connectivity index (χ1n) is 4.94. The molecule has 0 rings (SSSR count). The minimum Gasteiger partial charge on any atom is -0.385 e. The van der Waals surface area contributed by atoms with Gasteiger partial charge in [-0.25, -0.2) is 0 Å².